The second-order valence-electron chi connectivity index (χ2n) is 4.88. The van der Waals surface area contributed by atoms with Crippen LogP contribution in [0.25, 0.3) is 0 Å². The van der Waals surface area contributed by atoms with Crippen LogP contribution >= 0.6 is 0 Å². The van der Waals surface area contributed by atoms with Crippen molar-refractivity contribution in [3.05, 3.63) is 0 Å². The lowest BCUT2D eigenvalue weighted by atomic mass is 9.50. The van der Waals surface area contributed by atoms with Crippen molar-refractivity contribution in [1.82, 2.24) is 0 Å². The lowest BCUT2D eigenvalue weighted by Gasteiger charge is -2.53. The molecule has 0 radical (unpaired) electrons. The zero-order valence-electron chi connectivity index (χ0n) is 6.70. The van der Waals surface area contributed by atoms with E-state index in [9.17, 15) is 0 Å². The van der Waals surface area contributed by atoms with Crippen LogP contribution in [0.1, 0.15) is 25.7 Å². The van der Waals surface area contributed by atoms with Crippen LogP contribution in [0, 0.1) is 23.7 Å². The summed E-state index contributed by atoms with van der Waals surface area (Å²) in [6.45, 7) is 0. The van der Waals surface area contributed by atoms with Gasteiger partial charge in [-0.15, -0.1) is 0 Å². The van der Waals surface area contributed by atoms with Crippen molar-refractivity contribution in [1.29, 1.82) is 0 Å². The third kappa shape index (κ3) is 0.488. The van der Waals surface area contributed by atoms with E-state index in [2.05, 4.69) is 0 Å². The zero-order chi connectivity index (χ0) is 7.00. The largest absolute Gasteiger partial charge is 0.369 e. The highest BCUT2D eigenvalue weighted by Crippen LogP contribution is 2.64. The van der Waals surface area contributed by atoms with Gasteiger partial charge in [0.15, 0.2) is 0 Å². The minimum atomic E-state index is 0.746. The number of rotatable bonds is 0. The molecule has 0 unspecified atom stereocenters. The van der Waals surface area contributed by atoms with Crippen molar-refractivity contribution in [3.63, 3.8) is 0 Å². The van der Waals surface area contributed by atoms with Gasteiger partial charge in [0.25, 0.3) is 0 Å². The maximum atomic E-state index is 5.75. The maximum absolute atomic E-state index is 5.75. The lowest BCUT2D eigenvalue weighted by molar-refractivity contribution is -0.0261. The summed E-state index contributed by atoms with van der Waals surface area (Å²) < 4.78 is 5.75. The van der Waals surface area contributed by atoms with Gasteiger partial charge in [0.05, 0.1) is 12.2 Å². The van der Waals surface area contributed by atoms with E-state index in [-0.39, 0.29) is 0 Å². The number of hydrogen-bond donors (Lipinski definition) is 0. The molecule has 0 amide bonds. The highest BCUT2D eigenvalue weighted by molar-refractivity contribution is 5.12. The van der Waals surface area contributed by atoms with E-state index >= 15 is 0 Å². The van der Waals surface area contributed by atoms with E-state index in [1.54, 1.807) is 0 Å². The average molecular weight is 150 g/mol. The average Bonchev–Trinajstić information content (AvgIpc) is 2.67. The van der Waals surface area contributed by atoms with E-state index in [0.717, 1.165) is 35.9 Å². The first-order chi connectivity index (χ1) is 5.45. The Morgan fingerprint density at radius 2 is 1.09 bits per heavy atom. The third-order valence-electron chi connectivity index (χ3n) is 4.72. The molecule has 5 aliphatic rings. The molecule has 4 saturated carbocycles. The molecule has 5 rings (SSSR count). The molecule has 0 N–H and O–H groups in total. The zero-order valence-corrected chi connectivity index (χ0v) is 6.70. The van der Waals surface area contributed by atoms with Gasteiger partial charge in [0, 0.05) is 0 Å². The van der Waals surface area contributed by atoms with Crippen LogP contribution in [0.3, 0.4) is 0 Å². The fourth-order valence-corrected chi connectivity index (χ4v) is 4.07. The number of ether oxygens (including phenoxy) is 1. The van der Waals surface area contributed by atoms with Gasteiger partial charge in [-0.05, 0) is 49.4 Å². The highest BCUT2D eigenvalue weighted by atomic mass is 16.6. The first-order valence-corrected chi connectivity index (χ1v) is 5.10. The van der Waals surface area contributed by atoms with E-state index in [0.29, 0.717) is 0 Å². The van der Waals surface area contributed by atoms with E-state index in [1.165, 1.54) is 25.7 Å². The van der Waals surface area contributed by atoms with E-state index in [4.69, 9.17) is 4.74 Å². The summed E-state index contributed by atoms with van der Waals surface area (Å²) in [5, 5.41) is 0. The van der Waals surface area contributed by atoms with Crippen molar-refractivity contribution in [2.24, 2.45) is 23.7 Å². The number of epoxide rings is 1. The fraction of sp³-hybridized carbons (Fsp3) is 1.00. The summed E-state index contributed by atoms with van der Waals surface area (Å²) in [6.07, 6.45) is 7.53. The Bertz CT molecular complexity index is 191. The molecule has 11 heavy (non-hydrogen) atoms. The Morgan fingerprint density at radius 3 is 1.55 bits per heavy atom. The molecule has 1 nitrogen and oxygen atoms in total. The molecule has 60 valence electrons. The standard InChI is InChI=1S/C10H14O/c1-2-6-5(1)7-3-4-8(6)10-9(7)11-10/h5-10H,1-4H2/t5-,6+,7-,8+,9-,10+. The molecule has 6 atom stereocenters. The molecule has 4 aliphatic carbocycles. The van der Waals surface area contributed by atoms with E-state index < -0.39 is 0 Å². The van der Waals surface area contributed by atoms with Gasteiger partial charge in [-0.3, -0.25) is 0 Å². The number of hydrogen-bond acceptors (Lipinski definition) is 1. The Kier molecular flexibility index (Phi) is 0.769. The predicted octanol–water partition coefficient (Wildman–Crippen LogP) is 1.82. The van der Waals surface area contributed by atoms with Crippen LogP contribution in [0.5, 0.6) is 0 Å². The SMILES string of the molecule is C1C[C@H]2[C@@H]1[C@H]1CC[C@@H]2[C@@H]2O[C@H]12. The Balaban J connectivity index is 1.79. The van der Waals surface area contributed by atoms with Crippen LogP contribution in [0.2, 0.25) is 0 Å². The molecule has 1 heteroatoms. The van der Waals surface area contributed by atoms with Crippen molar-refractivity contribution < 1.29 is 4.74 Å². The third-order valence-corrected chi connectivity index (χ3v) is 4.72. The summed E-state index contributed by atoms with van der Waals surface area (Å²) in [5.41, 5.74) is 0. The van der Waals surface area contributed by atoms with Crippen molar-refractivity contribution in [2.45, 2.75) is 37.9 Å². The molecule has 0 aromatic rings. The molecule has 0 spiro atoms. The van der Waals surface area contributed by atoms with Crippen molar-refractivity contribution in [3.8, 4) is 0 Å². The lowest BCUT2D eigenvalue weighted by Crippen LogP contribution is -2.50. The highest BCUT2D eigenvalue weighted by Gasteiger charge is 2.65. The Morgan fingerprint density at radius 1 is 0.636 bits per heavy atom. The fourth-order valence-electron chi connectivity index (χ4n) is 4.07. The normalized spacial score (nSPS) is 69.8. The second kappa shape index (κ2) is 1.52. The molecule has 0 aromatic carbocycles. The van der Waals surface area contributed by atoms with Gasteiger partial charge in [-0.1, -0.05) is 0 Å². The van der Waals surface area contributed by atoms with Gasteiger partial charge in [-0.2, -0.15) is 0 Å². The van der Waals surface area contributed by atoms with Gasteiger partial charge in [0.2, 0.25) is 0 Å². The quantitative estimate of drug-likeness (QED) is 0.480. The summed E-state index contributed by atoms with van der Waals surface area (Å²) in [7, 11) is 0. The van der Waals surface area contributed by atoms with Crippen LogP contribution in [-0.2, 0) is 4.74 Å². The van der Waals surface area contributed by atoms with Crippen LogP contribution in [0.15, 0.2) is 0 Å². The smallest absolute Gasteiger partial charge is 0.0875 e. The van der Waals surface area contributed by atoms with Gasteiger partial charge in [0.1, 0.15) is 0 Å². The predicted molar refractivity (Wildman–Crippen MR) is 41.1 cm³/mol. The summed E-state index contributed by atoms with van der Waals surface area (Å²) in [5.74, 6) is 4.22. The molecular weight excluding hydrogens is 136 g/mol. The summed E-state index contributed by atoms with van der Waals surface area (Å²) in [6, 6.07) is 0. The van der Waals surface area contributed by atoms with Crippen molar-refractivity contribution in [2.75, 3.05) is 0 Å². The first kappa shape index (κ1) is 5.58. The molecule has 1 heterocycles. The first-order valence-electron chi connectivity index (χ1n) is 5.10. The van der Waals surface area contributed by atoms with Crippen molar-refractivity contribution >= 4 is 0 Å². The second-order valence-corrected chi connectivity index (χ2v) is 4.88. The van der Waals surface area contributed by atoms with Gasteiger partial charge < -0.3 is 4.74 Å². The monoisotopic (exact) mass is 150 g/mol. The summed E-state index contributed by atoms with van der Waals surface area (Å²) >= 11 is 0. The van der Waals surface area contributed by atoms with Gasteiger partial charge in [-0.25, -0.2) is 0 Å². The summed E-state index contributed by atoms with van der Waals surface area (Å²) in [4.78, 5) is 0. The molecule has 5 fully saturated rings. The minimum absolute atomic E-state index is 0.746. The topological polar surface area (TPSA) is 12.5 Å². The number of fused-ring (bicyclic) bond motifs is 1. The van der Waals surface area contributed by atoms with Crippen LogP contribution in [-0.4, -0.2) is 12.2 Å². The molecule has 2 bridgehead atoms. The van der Waals surface area contributed by atoms with Crippen LogP contribution < -0.4 is 0 Å². The van der Waals surface area contributed by atoms with E-state index in [1.807, 2.05) is 0 Å². The molecule has 1 saturated heterocycles. The van der Waals surface area contributed by atoms with Crippen LogP contribution in [0.4, 0.5) is 0 Å². The van der Waals surface area contributed by atoms with Gasteiger partial charge >= 0.3 is 0 Å². The molecule has 1 aliphatic heterocycles. The molecular formula is C10H14O. The Hall–Kier alpha value is -0.0400. The minimum Gasteiger partial charge on any atom is -0.369 e. The maximum Gasteiger partial charge on any atom is 0.0875 e. The molecule has 0 aromatic heterocycles. The Labute approximate surface area is 67.1 Å².